The van der Waals surface area contributed by atoms with Gasteiger partial charge in [0.25, 0.3) is 0 Å². The van der Waals surface area contributed by atoms with Crippen LogP contribution in [0.3, 0.4) is 0 Å². The molecule has 0 spiro atoms. The minimum Gasteiger partial charge on any atom is -0.444 e. The fourth-order valence-corrected chi connectivity index (χ4v) is 4.86. The molecule has 2 aliphatic heterocycles. The van der Waals surface area contributed by atoms with E-state index in [9.17, 15) is 9.59 Å². The standard InChI is InChI=1S/C29H50BN5O5/c1-19(2)23(33-26(37)38-27(5,6)7)24(36)34-14-12-21(13-15-34)18-35(20(3)4)25-31-16-22(17-32-25)30-39-28(8,9)29(10,11)40-30/h16-17,19-21,23H,12-15,18H2,1-11H3,(H,33,37)/t23-/m1/s1. The highest BCUT2D eigenvalue weighted by Gasteiger charge is 2.52. The number of nitrogens with zero attached hydrogens (tertiary/aromatic N) is 4. The number of hydrogen-bond acceptors (Lipinski definition) is 8. The molecule has 11 heteroatoms. The van der Waals surface area contributed by atoms with E-state index in [0.717, 1.165) is 24.8 Å². The summed E-state index contributed by atoms with van der Waals surface area (Å²) in [4.78, 5) is 39.1. The molecule has 0 bridgehead atoms. The molecule has 1 atom stereocenters. The van der Waals surface area contributed by atoms with Crippen LogP contribution in [0.4, 0.5) is 10.7 Å². The lowest BCUT2D eigenvalue weighted by Crippen LogP contribution is -2.54. The zero-order valence-corrected chi connectivity index (χ0v) is 26.4. The van der Waals surface area contributed by atoms with Gasteiger partial charge in [0.1, 0.15) is 11.6 Å². The summed E-state index contributed by atoms with van der Waals surface area (Å²) in [7, 11) is -0.493. The number of rotatable bonds is 8. The van der Waals surface area contributed by atoms with Crippen molar-refractivity contribution in [3.63, 3.8) is 0 Å². The Bertz CT molecular complexity index is 1000. The fourth-order valence-electron chi connectivity index (χ4n) is 4.86. The summed E-state index contributed by atoms with van der Waals surface area (Å²) in [5, 5.41) is 2.79. The number of nitrogens with one attached hydrogen (secondary N) is 1. The summed E-state index contributed by atoms with van der Waals surface area (Å²) in [5.74, 6) is 0.970. The van der Waals surface area contributed by atoms with Crippen molar-refractivity contribution in [3.05, 3.63) is 12.4 Å². The SMILES string of the molecule is CC(C)[C@@H](NC(=O)OC(C)(C)C)C(=O)N1CCC(CN(c2ncc(B3OC(C)(C)C(C)(C)O3)cn2)C(C)C)CC1. The van der Waals surface area contributed by atoms with Gasteiger partial charge >= 0.3 is 13.2 Å². The maximum absolute atomic E-state index is 13.3. The first-order chi connectivity index (χ1) is 18.4. The number of carbonyl (C=O) groups excluding carboxylic acids is 2. The van der Waals surface area contributed by atoms with E-state index in [1.54, 1.807) is 12.4 Å². The molecule has 3 rings (SSSR count). The molecule has 0 aliphatic carbocycles. The first-order valence-electron chi connectivity index (χ1n) is 14.6. The van der Waals surface area contributed by atoms with Crippen LogP contribution in [-0.4, -0.2) is 82.5 Å². The van der Waals surface area contributed by atoms with Gasteiger partial charge in [-0.15, -0.1) is 0 Å². The molecule has 40 heavy (non-hydrogen) atoms. The van der Waals surface area contributed by atoms with Crippen LogP contribution < -0.4 is 15.7 Å². The number of amides is 2. The highest BCUT2D eigenvalue weighted by molar-refractivity contribution is 6.61. The second-order valence-electron chi connectivity index (χ2n) is 13.8. The van der Waals surface area contributed by atoms with Gasteiger partial charge in [-0.2, -0.15) is 0 Å². The molecular formula is C29H50BN5O5. The molecule has 2 saturated heterocycles. The molecule has 0 aromatic carbocycles. The maximum atomic E-state index is 13.3. The van der Waals surface area contributed by atoms with Gasteiger partial charge in [0, 0.05) is 43.5 Å². The minimum atomic E-state index is -0.620. The highest BCUT2D eigenvalue weighted by atomic mass is 16.7. The number of hydrogen-bond donors (Lipinski definition) is 1. The second-order valence-corrected chi connectivity index (χ2v) is 13.8. The summed E-state index contributed by atoms with van der Waals surface area (Å²) in [5.41, 5.74) is -0.655. The molecule has 2 amide bonds. The van der Waals surface area contributed by atoms with E-state index in [0.29, 0.717) is 25.0 Å². The molecule has 0 saturated carbocycles. The third kappa shape index (κ3) is 7.87. The average molecular weight is 560 g/mol. The Morgan fingerprint density at radius 3 is 2.05 bits per heavy atom. The van der Waals surface area contributed by atoms with Crippen molar-refractivity contribution in [2.45, 2.75) is 118 Å². The number of ether oxygens (including phenoxy) is 1. The zero-order chi connectivity index (χ0) is 30.0. The van der Waals surface area contributed by atoms with E-state index in [4.69, 9.17) is 14.0 Å². The highest BCUT2D eigenvalue weighted by Crippen LogP contribution is 2.36. The molecule has 224 valence electrons. The fraction of sp³-hybridized carbons (Fsp3) is 0.793. The molecular weight excluding hydrogens is 509 g/mol. The molecule has 3 heterocycles. The van der Waals surface area contributed by atoms with Crippen molar-refractivity contribution in [1.29, 1.82) is 0 Å². The van der Waals surface area contributed by atoms with Crippen molar-refractivity contribution < 1.29 is 23.6 Å². The molecule has 2 fully saturated rings. The van der Waals surface area contributed by atoms with E-state index in [-0.39, 0.29) is 17.9 Å². The van der Waals surface area contributed by atoms with Crippen LogP contribution in [0.5, 0.6) is 0 Å². The van der Waals surface area contributed by atoms with Gasteiger partial charge in [0.05, 0.1) is 11.2 Å². The number of carbonyl (C=O) groups is 2. The Balaban J connectivity index is 1.58. The van der Waals surface area contributed by atoms with Crippen LogP contribution >= 0.6 is 0 Å². The van der Waals surface area contributed by atoms with Gasteiger partial charge in [0.2, 0.25) is 11.9 Å². The number of alkyl carbamates (subject to hydrolysis) is 1. The van der Waals surface area contributed by atoms with E-state index >= 15 is 0 Å². The number of aromatic nitrogens is 2. The molecule has 0 radical (unpaired) electrons. The normalized spacial score (nSPS) is 20.1. The number of piperidine rings is 1. The van der Waals surface area contributed by atoms with Gasteiger partial charge in [-0.05, 0) is 87.0 Å². The van der Waals surface area contributed by atoms with Gasteiger partial charge in [-0.1, -0.05) is 13.8 Å². The quantitative estimate of drug-likeness (QED) is 0.480. The summed E-state index contributed by atoms with van der Waals surface area (Å²) >= 11 is 0. The largest absolute Gasteiger partial charge is 0.498 e. The van der Waals surface area contributed by atoms with Gasteiger partial charge in [0.15, 0.2) is 0 Å². The van der Waals surface area contributed by atoms with Crippen molar-refractivity contribution in [3.8, 4) is 0 Å². The average Bonchev–Trinajstić information content (AvgIpc) is 3.06. The molecule has 2 aliphatic rings. The van der Waals surface area contributed by atoms with Crippen LogP contribution in [-0.2, 0) is 18.8 Å². The first-order valence-corrected chi connectivity index (χ1v) is 14.6. The summed E-state index contributed by atoms with van der Waals surface area (Å²) < 4.78 is 17.7. The van der Waals surface area contributed by atoms with Gasteiger partial charge in [-0.25, -0.2) is 14.8 Å². The molecule has 10 nitrogen and oxygen atoms in total. The van der Waals surface area contributed by atoms with Crippen molar-refractivity contribution in [2.24, 2.45) is 11.8 Å². The number of anilines is 1. The third-order valence-corrected chi connectivity index (χ3v) is 8.05. The van der Waals surface area contributed by atoms with Crippen LogP contribution in [0.2, 0.25) is 0 Å². The predicted molar refractivity (Wildman–Crippen MR) is 158 cm³/mol. The van der Waals surface area contributed by atoms with Crippen molar-refractivity contribution >= 4 is 30.5 Å². The molecule has 1 aromatic heterocycles. The monoisotopic (exact) mass is 559 g/mol. The topological polar surface area (TPSA) is 106 Å². The van der Waals surface area contributed by atoms with Crippen molar-refractivity contribution in [1.82, 2.24) is 20.2 Å². The van der Waals surface area contributed by atoms with E-state index in [1.807, 2.05) is 67.2 Å². The number of likely N-dealkylation sites (tertiary alicyclic amines) is 1. The molecule has 1 N–H and O–H groups in total. The summed E-state index contributed by atoms with van der Waals surface area (Å²) in [6, 6.07) is -0.403. The predicted octanol–water partition coefficient (Wildman–Crippen LogP) is 3.78. The van der Waals surface area contributed by atoms with Gasteiger partial charge in [-0.3, -0.25) is 4.79 Å². The third-order valence-electron chi connectivity index (χ3n) is 8.05. The molecule has 1 aromatic rings. The lowest BCUT2D eigenvalue weighted by atomic mass is 9.81. The smallest absolute Gasteiger partial charge is 0.444 e. The van der Waals surface area contributed by atoms with Gasteiger partial charge < -0.3 is 29.2 Å². The zero-order valence-electron chi connectivity index (χ0n) is 26.4. The Hall–Kier alpha value is -2.40. The Kier molecular flexibility index (Phi) is 9.82. The second kappa shape index (κ2) is 12.2. The Morgan fingerprint density at radius 2 is 1.60 bits per heavy atom. The lowest BCUT2D eigenvalue weighted by Gasteiger charge is -2.38. The molecule has 0 unspecified atom stereocenters. The van der Waals surface area contributed by atoms with Crippen LogP contribution in [0, 0.1) is 11.8 Å². The van der Waals surface area contributed by atoms with E-state index in [2.05, 4.69) is 34.0 Å². The first kappa shape index (κ1) is 32.1. The maximum Gasteiger partial charge on any atom is 0.498 e. The minimum absolute atomic E-state index is 0.0496. The lowest BCUT2D eigenvalue weighted by molar-refractivity contribution is -0.136. The Labute approximate surface area is 241 Å². The van der Waals surface area contributed by atoms with E-state index < -0.39 is 36.1 Å². The van der Waals surface area contributed by atoms with E-state index in [1.165, 1.54) is 0 Å². The Morgan fingerprint density at radius 1 is 1.07 bits per heavy atom. The van der Waals surface area contributed by atoms with Crippen LogP contribution in [0.15, 0.2) is 12.4 Å². The van der Waals surface area contributed by atoms with Crippen LogP contribution in [0.25, 0.3) is 0 Å². The van der Waals surface area contributed by atoms with Crippen LogP contribution in [0.1, 0.15) is 89.0 Å². The van der Waals surface area contributed by atoms with Crippen molar-refractivity contribution in [2.75, 3.05) is 24.5 Å². The summed E-state index contributed by atoms with van der Waals surface area (Å²) in [6.07, 6.45) is 4.78. The summed E-state index contributed by atoms with van der Waals surface area (Å²) in [6.45, 7) is 23.8.